The van der Waals surface area contributed by atoms with Crippen molar-refractivity contribution in [2.45, 2.75) is 49.6 Å². The number of hydrogen-bond acceptors (Lipinski definition) is 9. The molecule has 0 aromatic carbocycles. The normalized spacial score (nSPS) is 34.8. The summed E-state index contributed by atoms with van der Waals surface area (Å²) >= 11 is 0. The second-order valence-corrected chi connectivity index (χ2v) is 5.02. The van der Waals surface area contributed by atoms with Crippen LogP contribution in [-0.2, 0) is 14.3 Å². The van der Waals surface area contributed by atoms with Crippen molar-refractivity contribution in [3.8, 4) is 0 Å². The van der Waals surface area contributed by atoms with E-state index in [1.165, 1.54) is 0 Å². The highest BCUT2D eigenvalue weighted by Crippen LogP contribution is 2.32. The zero-order chi connectivity index (χ0) is 17.2. The van der Waals surface area contributed by atoms with E-state index in [-0.39, 0.29) is 5.06 Å². The molecule has 6 atom stereocenters. The van der Waals surface area contributed by atoms with Gasteiger partial charge in [0.1, 0.15) is 18.3 Å². The zero-order valence-corrected chi connectivity index (χ0v) is 11.6. The molecule has 0 aliphatic carbocycles. The summed E-state index contributed by atoms with van der Waals surface area (Å²) in [5.41, 5.74) is 0. The standard InChI is InChI=1S/C11H18NO10/c1-4(14)12(21)7-5(15)2-11(20,10(18)19)22-9(7)8(17)6(16)3-13/h5-9,13,15-17,20H,2-3H2,1H3,(H,18,19)/q-1/t5-,6+,7+,8+,9+,11?/m0/s1. The van der Waals surface area contributed by atoms with Gasteiger partial charge in [0.2, 0.25) is 5.91 Å². The maximum absolute atomic E-state index is 11.8. The Hall–Kier alpha value is -1.34. The smallest absolute Gasteiger partial charge is 0.364 e. The average molecular weight is 324 g/mol. The number of amides is 1. The number of carbonyl (C=O) groups is 2. The summed E-state index contributed by atoms with van der Waals surface area (Å²) in [7, 11) is 0. The molecule has 1 heterocycles. The van der Waals surface area contributed by atoms with Gasteiger partial charge in [-0.3, -0.25) is 4.79 Å². The first-order valence-corrected chi connectivity index (χ1v) is 6.30. The van der Waals surface area contributed by atoms with E-state index in [0.717, 1.165) is 6.92 Å². The minimum absolute atomic E-state index is 0.246. The van der Waals surface area contributed by atoms with Gasteiger partial charge in [-0.25, -0.2) is 4.79 Å². The third-order valence-electron chi connectivity index (χ3n) is 3.38. The van der Waals surface area contributed by atoms with Gasteiger partial charge < -0.3 is 45.6 Å². The molecule has 128 valence electrons. The highest BCUT2D eigenvalue weighted by molar-refractivity contribution is 5.76. The van der Waals surface area contributed by atoms with Gasteiger partial charge in [-0.2, -0.15) is 0 Å². The van der Waals surface area contributed by atoms with Crippen molar-refractivity contribution < 1.29 is 45.0 Å². The van der Waals surface area contributed by atoms with Crippen LogP contribution in [0.1, 0.15) is 13.3 Å². The SMILES string of the molecule is CC(=O)N([O-])[C@H]1[C@H]([C@H](O)[C@H](O)CO)OC(O)(C(=O)O)C[C@@H]1O. The van der Waals surface area contributed by atoms with Gasteiger partial charge in [0.15, 0.2) is 0 Å². The predicted molar refractivity (Wildman–Crippen MR) is 66.9 cm³/mol. The third kappa shape index (κ3) is 3.52. The molecule has 1 aliphatic heterocycles. The van der Waals surface area contributed by atoms with Gasteiger partial charge in [-0.15, -0.1) is 0 Å². The third-order valence-corrected chi connectivity index (χ3v) is 3.38. The number of aliphatic hydroxyl groups excluding tert-OH is 4. The molecule has 0 radical (unpaired) electrons. The van der Waals surface area contributed by atoms with Crippen molar-refractivity contribution in [3.63, 3.8) is 0 Å². The quantitative estimate of drug-likeness (QED) is 0.275. The Bertz CT molecular complexity index is 431. The molecular weight excluding hydrogens is 306 g/mol. The number of nitrogens with zero attached hydrogens (tertiary/aromatic N) is 1. The Morgan fingerprint density at radius 2 is 2.00 bits per heavy atom. The monoisotopic (exact) mass is 324 g/mol. The minimum Gasteiger partial charge on any atom is -0.756 e. The van der Waals surface area contributed by atoms with Gasteiger partial charge in [-0.1, -0.05) is 0 Å². The predicted octanol–water partition coefficient (Wildman–Crippen LogP) is -3.66. The lowest BCUT2D eigenvalue weighted by atomic mass is 9.88. The van der Waals surface area contributed by atoms with Crippen LogP contribution in [0.3, 0.4) is 0 Å². The van der Waals surface area contributed by atoms with Gasteiger partial charge >= 0.3 is 5.97 Å². The van der Waals surface area contributed by atoms with Crippen LogP contribution in [0.15, 0.2) is 0 Å². The molecule has 0 aromatic rings. The molecule has 1 fully saturated rings. The van der Waals surface area contributed by atoms with Crippen molar-refractivity contribution in [2.75, 3.05) is 6.61 Å². The molecule has 6 N–H and O–H groups in total. The molecule has 0 bridgehead atoms. The molecule has 0 saturated carbocycles. The highest BCUT2D eigenvalue weighted by Gasteiger charge is 2.54. The molecule has 1 unspecified atom stereocenters. The molecule has 1 aliphatic rings. The summed E-state index contributed by atoms with van der Waals surface area (Å²) < 4.78 is 4.76. The van der Waals surface area contributed by atoms with Crippen molar-refractivity contribution >= 4 is 11.9 Å². The average Bonchev–Trinajstić information content (AvgIpc) is 2.43. The first-order valence-electron chi connectivity index (χ1n) is 6.30. The maximum atomic E-state index is 11.8. The van der Waals surface area contributed by atoms with E-state index >= 15 is 0 Å². The largest absolute Gasteiger partial charge is 0.756 e. The van der Waals surface area contributed by atoms with Crippen LogP contribution in [0, 0.1) is 5.21 Å². The van der Waals surface area contributed by atoms with Gasteiger partial charge in [0.25, 0.3) is 5.79 Å². The second kappa shape index (κ2) is 6.83. The fourth-order valence-corrected chi connectivity index (χ4v) is 2.20. The molecule has 0 spiro atoms. The fourth-order valence-electron chi connectivity index (χ4n) is 2.20. The zero-order valence-electron chi connectivity index (χ0n) is 11.6. The van der Waals surface area contributed by atoms with E-state index in [9.17, 15) is 35.2 Å². The molecule has 1 amide bonds. The molecule has 11 nitrogen and oxygen atoms in total. The molecule has 22 heavy (non-hydrogen) atoms. The van der Waals surface area contributed by atoms with Crippen molar-refractivity contribution in [1.82, 2.24) is 5.06 Å². The van der Waals surface area contributed by atoms with Gasteiger partial charge in [-0.05, 0) is 0 Å². The maximum Gasteiger partial charge on any atom is 0.364 e. The number of carboxylic acids is 1. The summed E-state index contributed by atoms with van der Waals surface area (Å²) in [5.74, 6) is -5.88. The number of carboxylic acid groups (broad SMARTS) is 1. The molecule has 1 rings (SSSR count). The van der Waals surface area contributed by atoms with Crippen LogP contribution >= 0.6 is 0 Å². The number of rotatable bonds is 5. The molecular formula is C11H18NO10-. The summed E-state index contributed by atoms with van der Waals surface area (Å²) in [6, 6.07) is -1.77. The van der Waals surface area contributed by atoms with Crippen LogP contribution in [-0.4, -0.2) is 90.4 Å². The molecule has 11 heteroatoms. The molecule has 1 saturated heterocycles. The van der Waals surface area contributed by atoms with E-state index < -0.39 is 61.1 Å². The summed E-state index contributed by atoms with van der Waals surface area (Å²) in [5, 5.41) is 68.2. The van der Waals surface area contributed by atoms with E-state index in [4.69, 9.17) is 14.9 Å². The van der Waals surface area contributed by atoms with E-state index in [1.807, 2.05) is 0 Å². The molecule has 0 aromatic heterocycles. The summed E-state index contributed by atoms with van der Waals surface area (Å²) in [6.45, 7) is -0.0993. The number of aliphatic carboxylic acids is 1. The van der Waals surface area contributed by atoms with Crippen LogP contribution in [0.5, 0.6) is 0 Å². The Balaban J connectivity index is 3.19. The lowest BCUT2D eigenvalue weighted by Crippen LogP contribution is -2.67. The Labute approximate surface area is 124 Å². The van der Waals surface area contributed by atoms with Crippen molar-refractivity contribution in [2.24, 2.45) is 0 Å². The summed E-state index contributed by atoms with van der Waals surface area (Å²) in [6.07, 6.45) is -8.60. The van der Waals surface area contributed by atoms with Gasteiger partial charge in [0, 0.05) is 13.3 Å². The lowest BCUT2D eigenvalue weighted by molar-refractivity contribution is -0.301. The van der Waals surface area contributed by atoms with Crippen LogP contribution in [0.2, 0.25) is 0 Å². The number of hydrogen-bond donors (Lipinski definition) is 6. The minimum atomic E-state index is -2.92. The van der Waals surface area contributed by atoms with Crippen LogP contribution in [0.4, 0.5) is 0 Å². The first-order chi connectivity index (χ1) is 10.0. The summed E-state index contributed by atoms with van der Waals surface area (Å²) in [4.78, 5) is 22.2. The number of hydroxylamine groups is 2. The van der Waals surface area contributed by atoms with Crippen molar-refractivity contribution in [1.29, 1.82) is 0 Å². The Morgan fingerprint density at radius 1 is 1.45 bits per heavy atom. The Kier molecular flexibility index (Phi) is 5.81. The first kappa shape index (κ1) is 18.7. The fraction of sp³-hybridized carbons (Fsp3) is 0.818. The van der Waals surface area contributed by atoms with E-state index in [0.29, 0.717) is 0 Å². The number of aliphatic hydroxyl groups is 5. The second-order valence-electron chi connectivity index (χ2n) is 5.02. The number of carbonyl (C=O) groups excluding carboxylic acids is 1. The Morgan fingerprint density at radius 3 is 2.41 bits per heavy atom. The highest BCUT2D eigenvalue weighted by atomic mass is 16.7. The van der Waals surface area contributed by atoms with Crippen LogP contribution in [0.25, 0.3) is 0 Å². The number of ether oxygens (including phenoxy) is 1. The van der Waals surface area contributed by atoms with E-state index in [2.05, 4.69) is 0 Å². The van der Waals surface area contributed by atoms with Crippen LogP contribution < -0.4 is 0 Å². The van der Waals surface area contributed by atoms with E-state index in [1.54, 1.807) is 0 Å². The van der Waals surface area contributed by atoms with Gasteiger partial charge in [0.05, 0.1) is 18.8 Å². The lowest BCUT2D eigenvalue weighted by Gasteiger charge is -2.50. The topological polar surface area (TPSA) is 191 Å². The van der Waals surface area contributed by atoms with Crippen molar-refractivity contribution in [3.05, 3.63) is 5.21 Å².